The average Bonchev–Trinajstić information content (AvgIpc) is 2.51. The molecule has 0 spiro atoms. The van der Waals surface area contributed by atoms with Crippen LogP contribution < -0.4 is 10.5 Å². The fourth-order valence-electron chi connectivity index (χ4n) is 2.46. The van der Waals surface area contributed by atoms with E-state index in [1.807, 2.05) is 36.4 Å². The fraction of sp³-hybridized carbons (Fsp3) is 0.167. The fourth-order valence-corrected chi connectivity index (χ4v) is 2.46. The van der Waals surface area contributed by atoms with Crippen LogP contribution in [0.5, 0.6) is 11.5 Å². The molecule has 0 bridgehead atoms. The quantitative estimate of drug-likeness (QED) is 0.789. The number of benzene rings is 2. The van der Waals surface area contributed by atoms with Gasteiger partial charge in [-0.1, -0.05) is 12.1 Å². The molecule has 0 aliphatic rings. The van der Waals surface area contributed by atoms with Gasteiger partial charge in [-0.3, -0.25) is 4.98 Å². The summed E-state index contributed by atoms with van der Waals surface area (Å²) in [6.07, 6.45) is 2.68. The first-order valence-electron chi connectivity index (χ1n) is 7.09. The van der Waals surface area contributed by atoms with Crippen molar-refractivity contribution in [3.8, 4) is 11.5 Å². The van der Waals surface area contributed by atoms with E-state index < -0.39 is 0 Å². The molecule has 1 heterocycles. The molecule has 0 aliphatic heterocycles. The van der Waals surface area contributed by atoms with E-state index in [9.17, 15) is 0 Å². The van der Waals surface area contributed by atoms with Crippen LogP contribution in [0.1, 0.15) is 11.1 Å². The van der Waals surface area contributed by atoms with Gasteiger partial charge >= 0.3 is 0 Å². The molecule has 3 nitrogen and oxygen atoms in total. The van der Waals surface area contributed by atoms with Crippen molar-refractivity contribution in [1.82, 2.24) is 4.98 Å². The van der Waals surface area contributed by atoms with E-state index in [2.05, 4.69) is 24.0 Å². The molecule has 21 heavy (non-hydrogen) atoms. The summed E-state index contributed by atoms with van der Waals surface area (Å²) < 4.78 is 6.03. The summed E-state index contributed by atoms with van der Waals surface area (Å²) in [6.45, 7) is 2.75. The molecule has 0 aliphatic carbocycles. The maximum atomic E-state index is 6.03. The minimum atomic E-state index is 0.663. The van der Waals surface area contributed by atoms with Gasteiger partial charge in [-0.05, 0) is 67.4 Å². The highest BCUT2D eigenvalue weighted by molar-refractivity contribution is 5.85. The number of nitrogens with zero attached hydrogens (tertiary/aromatic N) is 1. The van der Waals surface area contributed by atoms with Gasteiger partial charge < -0.3 is 10.5 Å². The van der Waals surface area contributed by atoms with Crippen molar-refractivity contribution in [3.05, 3.63) is 65.9 Å². The Kier molecular flexibility index (Phi) is 3.84. The van der Waals surface area contributed by atoms with E-state index in [-0.39, 0.29) is 0 Å². The zero-order valence-corrected chi connectivity index (χ0v) is 12.0. The van der Waals surface area contributed by atoms with Crippen molar-refractivity contribution in [2.75, 3.05) is 6.54 Å². The molecular formula is C18H18N2O. The van der Waals surface area contributed by atoms with Crippen LogP contribution in [-0.2, 0) is 6.42 Å². The van der Waals surface area contributed by atoms with Gasteiger partial charge in [0.1, 0.15) is 11.5 Å². The second-order valence-electron chi connectivity index (χ2n) is 5.06. The van der Waals surface area contributed by atoms with Gasteiger partial charge in [0.25, 0.3) is 0 Å². The first-order chi connectivity index (χ1) is 10.3. The monoisotopic (exact) mass is 278 g/mol. The lowest BCUT2D eigenvalue weighted by Gasteiger charge is -2.11. The predicted molar refractivity (Wildman–Crippen MR) is 85.8 cm³/mol. The van der Waals surface area contributed by atoms with Crippen LogP contribution in [0.3, 0.4) is 0 Å². The van der Waals surface area contributed by atoms with Crippen molar-refractivity contribution in [2.24, 2.45) is 5.73 Å². The first-order valence-corrected chi connectivity index (χ1v) is 7.09. The Hall–Kier alpha value is -2.39. The van der Waals surface area contributed by atoms with E-state index in [0.717, 1.165) is 28.8 Å². The SMILES string of the molecule is Cc1cc(Oc2cccc3ncccc23)ccc1CCN. The molecule has 3 aromatic rings. The second-order valence-corrected chi connectivity index (χ2v) is 5.06. The largest absolute Gasteiger partial charge is 0.457 e. The van der Waals surface area contributed by atoms with Crippen molar-refractivity contribution in [2.45, 2.75) is 13.3 Å². The van der Waals surface area contributed by atoms with Gasteiger partial charge in [0.05, 0.1) is 5.52 Å². The van der Waals surface area contributed by atoms with Gasteiger partial charge in [0, 0.05) is 11.6 Å². The molecule has 0 saturated heterocycles. The third-order valence-corrected chi connectivity index (χ3v) is 3.56. The highest BCUT2D eigenvalue weighted by Crippen LogP contribution is 2.29. The van der Waals surface area contributed by atoms with E-state index in [1.54, 1.807) is 6.20 Å². The summed E-state index contributed by atoms with van der Waals surface area (Å²) in [5, 5.41) is 1.02. The standard InChI is InChI=1S/C18H18N2O/c1-13-12-15(8-7-14(13)9-10-19)21-18-6-2-5-17-16(18)4-3-11-20-17/h2-8,11-12H,9-10,19H2,1H3. The lowest BCUT2D eigenvalue weighted by molar-refractivity contribution is 0.487. The van der Waals surface area contributed by atoms with Gasteiger partial charge in [0.15, 0.2) is 0 Å². The van der Waals surface area contributed by atoms with Crippen LogP contribution >= 0.6 is 0 Å². The first kappa shape index (κ1) is 13.6. The summed E-state index contributed by atoms with van der Waals surface area (Å²) in [7, 11) is 0. The summed E-state index contributed by atoms with van der Waals surface area (Å²) in [4.78, 5) is 4.35. The lowest BCUT2D eigenvalue weighted by Crippen LogP contribution is -2.04. The van der Waals surface area contributed by atoms with Crippen LogP contribution in [-0.4, -0.2) is 11.5 Å². The molecule has 1 aromatic heterocycles. The number of fused-ring (bicyclic) bond motifs is 1. The van der Waals surface area contributed by atoms with E-state index in [4.69, 9.17) is 10.5 Å². The molecule has 0 atom stereocenters. The highest BCUT2D eigenvalue weighted by atomic mass is 16.5. The summed E-state index contributed by atoms with van der Waals surface area (Å²) in [5.41, 5.74) is 9.02. The molecule has 2 aromatic carbocycles. The van der Waals surface area contributed by atoms with Crippen molar-refractivity contribution >= 4 is 10.9 Å². The van der Waals surface area contributed by atoms with E-state index in [1.165, 1.54) is 11.1 Å². The maximum absolute atomic E-state index is 6.03. The molecule has 0 unspecified atom stereocenters. The van der Waals surface area contributed by atoms with Crippen LogP contribution in [0.25, 0.3) is 10.9 Å². The highest BCUT2D eigenvalue weighted by Gasteiger charge is 2.05. The zero-order valence-electron chi connectivity index (χ0n) is 12.0. The Labute approximate surface area is 124 Å². The molecule has 0 radical (unpaired) electrons. The predicted octanol–water partition coefficient (Wildman–Crippen LogP) is 3.84. The van der Waals surface area contributed by atoms with Crippen molar-refractivity contribution in [1.29, 1.82) is 0 Å². The molecule has 0 amide bonds. The molecule has 3 heteroatoms. The number of ether oxygens (including phenoxy) is 1. The number of pyridine rings is 1. The third-order valence-electron chi connectivity index (χ3n) is 3.56. The van der Waals surface area contributed by atoms with Crippen LogP contribution in [0.4, 0.5) is 0 Å². The Bertz CT molecular complexity index is 763. The third kappa shape index (κ3) is 2.88. The van der Waals surface area contributed by atoms with Crippen LogP contribution in [0.15, 0.2) is 54.7 Å². The molecule has 3 rings (SSSR count). The van der Waals surface area contributed by atoms with Crippen LogP contribution in [0, 0.1) is 6.92 Å². The second kappa shape index (κ2) is 5.94. The van der Waals surface area contributed by atoms with E-state index >= 15 is 0 Å². The molecule has 106 valence electrons. The van der Waals surface area contributed by atoms with Gasteiger partial charge in [-0.15, -0.1) is 0 Å². The number of nitrogens with two attached hydrogens (primary N) is 1. The number of rotatable bonds is 4. The minimum Gasteiger partial charge on any atom is -0.457 e. The zero-order chi connectivity index (χ0) is 14.7. The molecule has 0 saturated carbocycles. The topological polar surface area (TPSA) is 48.1 Å². The Morgan fingerprint density at radius 2 is 2.00 bits per heavy atom. The number of aromatic nitrogens is 1. The van der Waals surface area contributed by atoms with Crippen molar-refractivity contribution < 1.29 is 4.74 Å². The Balaban J connectivity index is 1.93. The normalized spacial score (nSPS) is 10.8. The summed E-state index contributed by atoms with van der Waals surface area (Å²) >= 11 is 0. The van der Waals surface area contributed by atoms with Crippen molar-refractivity contribution in [3.63, 3.8) is 0 Å². The maximum Gasteiger partial charge on any atom is 0.136 e. The summed E-state index contributed by atoms with van der Waals surface area (Å²) in [5.74, 6) is 1.66. The smallest absolute Gasteiger partial charge is 0.136 e. The Morgan fingerprint density at radius 1 is 1.10 bits per heavy atom. The molecule has 0 fully saturated rings. The van der Waals surface area contributed by atoms with Gasteiger partial charge in [0.2, 0.25) is 0 Å². The van der Waals surface area contributed by atoms with Gasteiger partial charge in [-0.25, -0.2) is 0 Å². The number of hydrogen-bond donors (Lipinski definition) is 1. The van der Waals surface area contributed by atoms with Crippen LogP contribution in [0.2, 0.25) is 0 Å². The molecule has 2 N–H and O–H groups in total. The average molecular weight is 278 g/mol. The molecular weight excluding hydrogens is 260 g/mol. The number of hydrogen-bond acceptors (Lipinski definition) is 3. The lowest BCUT2D eigenvalue weighted by atomic mass is 10.1. The van der Waals surface area contributed by atoms with Gasteiger partial charge in [-0.2, -0.15) is 0 Å². The Morgan fingerprint density at radius 3 is 2.81 bits per heavy atom. The number of aryl methyl sites for hydroxylation is 1. The minimum absolute atomic E-state index is 0.663. The van der Waals surface area contributed by atoms with E-state index in [0.29, 0.717) is 6.54 Å². The summed E-state index contributed by atoms with van der Waals surface area (Å²) in [6, 6.07) is 16.0.